The normalized spacial score (nSPS) is 12.9. The van der Waals surface area contributed by atoms with Crippen molar-refractivity contribution < 1.29 is 4.79 Å². The Bertz CT molecular complexity index is 431. The van der Waals surface area contributed by atoms with E-state index in [1.165, 1.54) is 5.56 Å². The highest BCUT2D eigenvalue weighted by molar-refractivity contribution is 6.00. The smallest absolute Gasteiger partial charge is 0.180 e. The highest BCUT2D eigenvalue weighted by Gasteiger charge is 2.17. The predicted molar refractivity (Wildman–Crippen MR) is 70.9 cm³/mol. The highest BCUT2D eigenvalue weighted by atomic mass is 16.1. The largest absolute Gasteiger partial charge is 0.320 e. The molecule has 1 aromatic carbocycles. The van der Waals surface area contributed by atoms with Gasteiger partial charge in [0.05, 0.1) is 6.04 Å². The summed E-state index contributed by atoms with van der Waals surface area (Å²) in [7, 11) is 0. The number of carbonyl (C=O) groups is 1. The Morgan fingerprint density at radius 2 is 1.88 bits per heavy atom. The molecular weight excluding hydrogens is 210 g/mol. The Balaban J connectivity index is 2.89. The third-order valence-corrected chi connectivity index (χ3v) is 2.71. The van der Waals surface area contributed by atoms with Gasteiger partial charge in [-0.2, -0.15) is 0 Å². The molecule has 0 fully saturated rings. The second kappa shape index (κ2) is 5.16. The summed E-state index contributed by atoms with van der Waals surface area (Å²) in [6, 6.07) is 6.98. The molecule has 0 saturated carbocycles. The summed E-state index contributed by atoms with van der Waals surface area (Å²) < 4.78 is 0. The van der Waals surface area contributed by atoms with E-state index < -0.39 is 6.04 Å². The Labute approximate surface area is 103 Å². The first-order chi connectivity index (χ1) is 7.86. The Morgan fingerprint density at radius 1 is 1.35 bits per heavy atom. The summed E-state index contributed by atoms with van der Waals surface area (Å²) in [5.74, 6) is 2.31. The standard InChI is InChI=1S/C15H19NO/c1-5-6-13(16)14(17)11-7-9-12(10-8-11)15(2,3)4/h1,7-10,13H,6,16H2,2-4H3. The van der Waals surface area contributed by atoms with Crippen LogP contribution in [-0.4, -0.2) is 11.8 Å². The fourth-order valence-corrected chi connectivity index (χ4v) is 1.57. The topological polar surface area (TPSA) is 43.1 Å². The number of carbonyl (C=O) groups excluding carboxylic acids is 1. The van der Waals surface area contributed by atoms with Crippen molar-refractivity contribution in [1.82, 2.24) is 0 Å². The molecule has 2 N–H and O–H groups in total. The van der Waals surface area contributed by atoms with E-state index >= 15 is 0 Å². The minimum atomic E-state index is -0.597. The van der Waals surface area contributed by atoms with Crippen molar-refractivity contribution in [3.8, 4) is 12.3 Å². The van der Waals surface area contributed by atoms with Gasteiger partial charge in [-0.1, -0.05) is 45.0 Å². The lowest BCUT2D eigenvalue weighted by Gasteiger charge is -2.19. The number of hydrogen-bond donors (Lipinski definition) is 1. The molecule has 0 aliphatic heterocycles. The van der Waals surface area contributed by atoms with Crippen LogP contribution in [0.4, 0.5) is 0 Å². The van der Waals surface area contributed by atoms with Gasteiger partial charge in [-0.15, -0.1) is 12.3 Å². The zero-order chi connectivity index (χ0) is 13.1. The average Bonchev–Trinajstić information content (AvgIpc) is 2.27. The Morgan fingerprint density at radius 3 is 2.29 bits per heavy atom. The number of nitrogens with two attached hydrogens (primary N) is 1. The van der Waals surface area contributed by atoms with Crippen molar-refractivity contribution in [3.63, 3.8) is 0 Å². The van der Waals surface area contributed by atoms with Gasteiger partial charge in [0.2, 0.25) is 0 Å². The highest BCUT2D eigenvalue weighted by Crippen LogP contribution is 2.22. The molecule has 0 saturated heterocycles. The maximum atomic E-state index is 11.9. The van der Waals surface area contributed by atoms with Gasteiger partial charge in [0.15, 0.2) is 5.78 Å². The molecule has 90 valence electrons. The zero-order valence-corrected chi connectivity index (χ0v) is 10.7. The SMILES string of the molecule is C#CCC(N)C(=O)c1ccc(C(C)(C)C)cc1. The summed E-state index contributed by atoms with van der Waals surface area (Å²) in [5, 5.41) is 0. The molecule has 17 heavy (non-hydrogen) atoms. The lowest BCUT2D eigenvalue weighted by Crippen LogP contribution is -2.30. The maximum absolute atomic E-state index is 11.9. The predicted octanol–water partition coefficient (Wildman–Crippen LogP) is 2.52. The lowest BCUT2D eigenvalue weighted by molar-refractivity contribution is 0.0963. The summed E-state index contributed by atoms with van der Waals surface area (Å²) in [6.45, 7) is 6.40. The Hall–Kier alpha value is -1.59. The molecule has 0 aliphatic rings. The average molecular weight is 229 g/mol. The minimum Gasteiger partial charge on any atom is -0.320 e. The van der Waals surface area contributed by atoms with E-state index in [-0.39, 0.29) is 17.6 Å². The molecule has 0 amide bonds. The van der Waals surface area contributed by atoms with Crippen LogP contribution in [0.2, 0.25) is 0 Å². The summed E-state index contributed by atoms with van der Waals surface area (Å²) in [6.07, 6.45) is 5.42. The molecule has 0 bridgehead atoms. The third kappa shape index (κ3) is 3.44. The summed E-state index contributed by atoms with van der Waals surface area (Å²) in [5.41, 5.74) is 7.60. The first kappa shape index (κ1) is 13.5. The summed E-state index contributed by atoms with van der Waals surface area (Å²) in [4.78, 5) is 11.9. The number of hydrogen-bond acceptors (Lipinski definition) is 2. The van der Waals surface area contributed by atoms with E-state index in [1.807, 2.05) is 24.3 Å². The van der Waals surface area contributed by atoms with Crippen LogP contribution in [0.15, 0.2) is 24.3 Å². The van der Waals surface area contributed by atoms with E-state index in [9.17, 15) is 4.79 Å². The van der Waals surface area contributed by atoms with Crippen LogP contribution < -0.4 is 5.73 Å². The van der Waals surface area contributed by atoms with Crippen molar-refractivity contribution in [1.29, 1.82) is 0 Å². The molecule has 0 aromatic heterocycles. The van der Waals surface area contributed by atoms with E-state index in [2.05, 4.69) is 26.7 Å². The van der Waals surface area contributed by atoms with E-state index in [4.69, 9.17) is 12.2 Å². The number of benzene rings is 1. The molecule has 1 atom stereocenters. The molecule has 1 rings (SSSR count). The van der Waals surface area contributed by atoms with E-state index in [1.54, 1.807) is 0 Å². The molecule has 0 heterocycles. The van der Waals surface area contributed by atoms with Crippen LogP contribution >= 0.6 is 0 Å². The molecule has 0 spiro atoms. The number of Topliss-reactive ketones (excluding diaryl/α,β-unsaturated/α-hetero) is 1. The number of terminal acetylenes is 1. The molecule has 0 radical (unpaired) electrons. The van der Waals surface area contributed by atoms with Gasteiger partial charge in [0, 0.05) is 12.0 Å². The van der Waals surface area contributed by atoms with Crippen molar-refractivity contribution in [3.05, 3.63) is 35.4 Å². The van der Waals surface area contributed by atoms with Gasteiger partial charge in [0.1, 0.15) is 0 Å². The first-order valence-electron chi connectivity index (χ1n) is 5.70. The monoisotopic (exact) mass is 229 g/mol. The molecule has 1 aromatic rings. The molecule has 2 nitrogen and oxygen atoms in total. The fourth-order valence-electron chi connectivity index (χ4n) is 1.57. The van der Waals surface area contributed by atoms with E-state index in [0.29, 0.717) is 5.56 Å². The maximum Gasteiger partial charge on any atom is 0.180 e. The van der Waals surface area contributed by atoms with Gasteiger partial charge < -0.3 is 5.73 Å². The summed E-state index contributed by atoms with van der Waals surface area (Å²) >= 11 is 0. The number of rotatable bonds is 3. The zero-order valence-electron chi connectivity index (χ0n) is 10.7. The van der Waals surface area contributed by atoms with Crippen LogP contribution in [0.5, 0.6) is 0 Å². The lowest BCUT2D eigenvalue weighted by atomic mass is 9.86. The second-order valence-corrected chi connectivity index (χ2v) is 5.21. The first-order valence-corrected chi connectivity index (χ1v) is 5.70. The molecule has 2 heteroatoms. The van der Waals surface area contributed by atoms with Gasteiger partial charge in [-0.05, 0) is 11.0 Å². The van der Waals surface area contributed by atoms with Gasteiger partial charge in [-0.25, -0.2) is 0 Å². The quantitative estimate of drug-likeness (QED) is 0.639. The second-order valence-electron chi connectivity index (χ2n) is 5.21. The van der Waals surface area contributed by atoms with Crippen LogP contribution in [0.3, 0.4) is 0 Å². The molecular formula is C15H19NO. The van der Waals surface area contributed by atoms with Gasteiger partial charge in [0.25, 0.3) is 0 Å². The molecule has 1 unspecified atom stereocenters. The third-order valence-electron chi connectivity index (χ3n) is 2.71. The van der Waals surface area contributed by atoms with Crippen LogP contribution in [-0.2, 0) is 5.41 Å². The molecule has 0 aliphatic carbocycles. The minimum absolute atomic E-state index is 0.0858. The van der Waals surface area contributed by atoms with Crippen molar-refractivity contribution >= 4 is 5.78 Å². The van der Waals surface area contributed by atoms with Crippen molar-refractivity contribution in [2.24, 2.45) is 5.73 Å². The fraction of sp³-hybridized carbons (Fsp3) is 0.400. The van der Waals surface area contributed by atoms with Crippen molar-refractivity contribution in [2.75, 3.05) is 0 Å². The van der Waals surface area contributed by atoms with Gasteiger partial charge in [-0.3, -0.25) is 4.79 Å². The van der Waals surface area contributed by atoms with Crippen LogP contribution in [0, 0.1) is 12.3 Å². The number of ketones is 1. The van der Waals surface area contributed by atoms with E-state index in [0.717, 1.165) is 0 Å². The van der Waals surface area contributed by atoms with Gasteiger partial charge >= 0.3 is 0 Å². The van der Waals surface area contributed by atoms with Crippen LogP contribution in [0.1, 0.15) is 43.1 Å². The van der Waals surface area contributed by atoms with Crippen molar-refractivity contribution in [2.45, 2.75) is 38.6 Å². The Kier molecular flexibility index (Phi) is 4.09. The van der Waals surface area contributed by atoms with Crippen LogP contribution in [0.25, 0.3) is 0 Å².